The van der Waals surface area contributed by atoms with E-state index in [1.165, 1.54) is 32.9 Å². The molecule has 2 aliphatic heterocycles. The van der Waals surface area contributed by atoms with E-state index in [0.29, 0.717) is 19.4 Å². The van der Waals surface area contributed by atoms with Crippen molar-refractivity contribution in [3.8, 4) is 5.75 Å². The summed E-state index contributed by atoms with van der Waals surface area (Å²) < 4.78 is 25.9. The van der Waals surface area contributed by atoms with Gasteiger partial charge in [0.25, 0.3) is 11.8 Å². The number of carboxylic acid groups (broad SMARTS) is 1. The summed E-state index contributed by atoms with van der Waals surface area (Å²) in [6, 6.07) is 3.45. The first-order chi connectivity index (χ1) is 23.5. The number of likely N-dealkylation sites (tertiary alicyclic amines) is 1. The summed E-state index contributed by atoms with van der Waals surface area (Å²) in [5.41, 5.74) is -0.197. The molecule has 3 aliphatic rings. The average molecular weight is 685 g/mol. The Morgan fingerprint density at radius 1 is 1.02 bits per heavy atom. The molecule has 0 spiro atoms. The van der Waals surface area contributed by atoms with E-state index >= 15 is 4.39 Å². The van der Waals surface area contributed by atoms with Gasteiger partial charge in [0.1, 0.15) is 29.3 Å². The predicted molar refractivity (Wildman–Crippen MR) is 171 cm³/mol. The van der Waals surface area contributed by atoms with Gasteiger partial charge in [-0.05, 0) is 57.6 Å². The number of piperazine rings is 1. The maximum Gasteiger partial charge on any atom is 0.409 e. The second kappa shape index (κ2) is 15.9. The highest BCUT2D eigenvalue weighted by molar-refractivity contribution is 5.99. The quantitative estimate of drug-likeness (QED) is 0.297. The number of fused-ring (bicyclic) bond motifs is 1. The molecule has 3 heterocycles. The minimum atomic E-state index is -1.24. The van der Waals surface area contributed by atoms with Gasteiger partial charge < -0.3 is 39.9 Å². The molecular formula is C33H41FN6O9. The van der Waals surface area contributed by atoms with Crippen molar-refractivity contribution in [2.75, 3.05) is 45.9 Å². The van der Waals surface area contributed by atoms with Crippen molar-refractivity contribution in [1.29, 1.82) is 0 Å². The first kappa shape index (κ1) is 35.3. The maximum absolute atomic E-state index is 15.0. The molecule has 15 nitrogen and oxygen atoms in total. The lowest BCUT2D eigenvalue weighted by Crippen LogP contribution is -2.56. The van der Waals surface area contributed by atoms with E-state index in [0.717, 1.165) is 25.3 Å². The summed E-state index contributed by atoms with van der Waals surface area (Å²) in [6.07, 6.45) is 2.91. The van der Waals surface area contributed by atoms with Crippen LogP contribution in [-0.4, -0.2) is 125 Å². The van der Waals surface area contributed by atoms with Crippen molar-refractivity contribution < 1.29 is 47.7 Å². The molecule has 1 saturated carbocycles. The Balaban J connectivity index is 1.30. The molecule has 1 aromatic heterocycles. The molecule has 16 heteroatoms. The van der Waals surface area contributed by atoms with Gasteiger partial charge in [0, 0.05) is 51.3 Å². The molecule has 1 aromatic carbocycles. The van der Waals surface area contributed by atoms with E-state index in [1.807, 2.05) is 0 Å². The molecule has 0 bridgehead atoms. The molecule has 3 fully saturated rings. The van der Waals surface area contributed by atoms with E-state index < -0.39 is 60.7 Å². The molecule has 2 aromatic rings. The van der Waals surface area contributed by atoms with Crippen molar-refractivity contribution in [3.63, 3.8) is 0 Å². The van der Waals surface area contributed by atoms with Crippen LogP contribution < -0.4 is 15.4 Å². The zero-order valence-electron chi connectivity index (χ0n) is 27.3. The van der Waals surface area contributed by atoms with Crippen LogP contribution in [0.15, 0.2) is 24.3 Å². The Morgan fingerprint density at radius 2 is 1.76 bits per heavy atom. The monoisotopic (exact) mass is 684 g/mol. The topological polar surface area (TPSA) is 188 Å². The molecule has 49 heavy (non-hydrogen) atoms. The highest BCUT2D eigenvalue weighted by atomic mass is 19.1. The standard InChI is InChI=1S/C33H41FN6O9/c1-2-48-33(47)39-16-14-38(15-17-39)32(46)23(11-12-28(42)43)37-30(44)24-18-26(29-21(34)8-4-9-22(29)36-24)49-19-27(41)40-13-5-10-25(40)31(45)35-20-6-3-7-20/h4,8-9,18,20,23,25H,2-3,5-7,10-17,19H2,1H3,(H,35,45)(H,37,44)(H,42,43)/t23-,25-/m0/s1. The zero-order valence-corrected chi connectivity index (χ0v) is 27.3. The summed E-state index contributed by atoms with van der Waals surface area (Å²) in [7, 11) is 0. The smallest absolute Gasteiger partial charge is 0.409 e. The van der Waals surface area contributed by atoms with Gasteiger partial charge in [0.05, 0.1) is 17.5 Å². The molecule has 264 valence electrons. The van der Waals surface area contributed by atoms with Crippen LogP contribution in [0.3, 0.4) is 0 Å². The largest absolute Gasteiger partial charge is 0.483 e. The molecule has 0 radical (unpaired) electrons. The third-order valence-corrected chi connectivity index (χ3v) is 9.03. The first-order valence-corrected chi connectivity index (χ1v) is 16.6. The molecule has 2 saturated heterocycles. The Hall–Kier alpha value is -5.02. The zero-order chi connectivity index (χ0) is 35.1. The van der Waals surface area contributed by atoms with Gasteiger partial charge in [0.15, 0.2) is 6.61 Å². The molecule has 1 aliphatic carbocycles. The Morgan fingerprint density at radius 3 is 2.43 bits per heavy atom. The van der Waals surface area contributed by atoms with E-state index in [9.17, 15) is 33.9 Å². The number of nitrogens with one attached hydrogen (secondary N) is 2. The van der Waals surface area contributed by atoms with Crippen LogP contribution in [0.5, 0.6) is 5.75 Å². The van der Waals surface area contributed by atoms with Gasteiger partial charge in [-0.2, -0.15) is 0 Å². The van der Waals surface area contributed by atoms with Gasteiger partial charge in [-0.3, -0.25) is 24.0 Å². The van der Waals surface area contributed by atoms with Crippen LogP contribution in [-0.2, 0) is 23.9 Å². The minimum absolute atomic E-state index is 0.0533. The van der Waals surface area contributed by atoms with Crippen LogP contribution in [0.25, 0.3) is 10.9 Å². The van der Waals surface area contributed by atoms with Crippen molar-refractivity contribution in [2.45, 2.75) is 70.0 Å². The molecule has 3 N–H and O–H groups in total. The third-order valence-electron chi connectivity index (χ3n) is 9.03. The summed E-state index contributed by atoms with van der Waals surface area (Å²) in [4.78, 5) is 85.2. The summed E-state index contributed by atoms with van der Waals surface area (Å²) in [5.74, 6) is -4.06. The fraction of sp³-hybridized carbons (Fsp3) is 0.545. The highest BCUT2D eigenvalue weighted by Gasteiger charge is 2.36. The second-order valence-electron chi connectivity index (χ2n) is 12.3. The average Bonchev–Trinajstić information content (AvgIpc) is 3.57. The molecule has 5 amide bonds. The van der Waals surface area contributed by atoms with Crippen molar-refractivity contribution >= 4 is 46.6 Å². The number of rotatable bonds is 12. The van der Waals surface area contributed by atoms with Gasteiger partial charge in [-0.1, -0.05) is 6.07 Å². The number of halogens is 1. The lowest BCUT2D eigenvalue weighted by molar-refractivity contribution is -0.140. The molecular weight excluding hydrogens is 643 g/mol. The number of hydrogen-bond donors (Lipinski definition) is 3. The number of carbonyl (C=O) groups excluding carboxylic acids is 5. The van der Waals surface area contributed by atoms with Crippen LogP contribution in [0, 0.1) is 5.82 Å². The van der Waals surface area contributed by atoms with Gasteiger partial charge >= 0.3 is 12.1 Å². The predicted octanol–water partition coefficient (Wildman–Crippen LogP) is 1.68. The normalized spacial score (nSPS) is 18.4. The Labute approximate surface area is 282 Å². The summed E-state index contributed by atoms with van der Waals surface area (Å²) in [6.45, 7) is 2.43. The number of carbonyl (C=O) groups is 6. The van der Waals surface area contributed by atoms with Gasteiger partial charge in [-0.15, -0.1) is 0 Å². The first-order valence-electron chi connectivity index (χ1n) is 16.6. The van der Waals surface area contributed by atoms with Gasteiger partial charge in [-0.25, -0.2) is 14.2 Å². The number of benzene rings is 1. The van der Waals surface area contributed by atoms with Gasteiger partial charge in [0.2, 0.25) is 11.8 Å². The fourth-order valence-electron chi connectivity index (χ4n) is 6.15. The van der Waals surface area contributed by atoms with E-state index in [2.05, 4.69) is 15.6 Å². The van der Waals surface area contributed by atoms with E-state index in [1.54, 1.807) is 6.92 Å². The van der Waals surface area contributed by atoms with Crippen LogP contribution in [0.4, 0.5) is 9.18 Å². The molecule has 5 rings (SSSR count). The number of carboxylic acids is 1. The maximum atomic E-state index is 15.0. The van der Waals surface area contributed by atoms with E-state index in [-0.39, 0.29) is 73.5 Å². The lowest BCUT2D eigenvalue weighted by Gasteiger charge is -2.35. The van der Waals surface area contributed by atoms with Crippen LogP contribution >= 0.6 is 0 Å². The number of amides is 5. The highest BCUT2D eigenvalue weighted by Crippen LogP contribution is 2.29. The van der Waals surface area contributed by atoms with Crippen molar-refractivity contribution in [2.24, 2.45) is 0 Å². The molecule has 2 atom stereocenters. The Bertz CT molecular complexity index is 1590. The number of hydrogen-bond acceptors (Lipinski definition) is 9. The lowest BCUT2D eigenvalue weighted by atomic mass is 9.93. The number of nitrogens with zero attached hydrogens (tertiary/aromatic N) is 4. The number of ether oxygens (including phenoxy) is 2. The molecule has 0 unspecified atom stereocenters. The second-order valence-corrected chi connectivity index (χ2v) is 12.3. The summed E-state index contributed by atoms with van der Waals surface area (Å²) >= 11 is 0. The Kier molecular flexibility index (Phi) is 11.5. The van der Waals surface area contributed by atoms with Crippen LogP contribution in [0.2, 0.25) is 0 Å². The van der Waals surface area contributed by atoms with Crippen molar-refractivity contribution in [1.82, 2.24) is 30.3 Å². The number of pyridine rings is 1. The summed E-state index contributed by atoms with van der Waals surface area (Å²) in [5, 5.41) is 14.8. The minimum Gasteiger partial charge on any atom is -0.483 e. The number of aromatic nitrogens is 1. The number of aliphatic carboxylic acids is 1. The van der Waals surface area contributed by atoms with Crippen molar-refractivity contribution in [3.05, 3.63) is 35.8 Å². The van der Waals surface area contributed by atoms with E-state index in [4.69, 9.17) is 9.47 Å². The third kappa shape index (κ3) is 8.53. The fourth-order valence-corrected chi connectivity index (χ4v) is 6.15. The SMILES string of the molecule is CCOC(=O)N1CCN(C(=O)[C@H](CCC(=O)O)NC(=O)c2cc(OCC(=O)N3CCC[C@H]3C(=O)NC3CCC3)c3c(F)cccc3n2)CC1. The van der Waals surface area contributed by atoms with Crippen LogP contribution in [0.1, 0.15) is 62.4 Å².